The molecule has 0 spiro atoms. The van der Waals surface area contributed by atoms with E-state index in [4.69, 9.17) is 4.78 Å². The molecular weight excluding hydrogens is 186 g/mol. The first-order valence-electron chi connectivity index (χ1n) is 3.99. The molecule has 0 amide bonds. The van der Waals surface area contributed by atoms with E-state index in [2.05, 4.69) is 4.98 Å². The predicted octanol–water partition coefficient (Wildman–Crippen LogP) is 1.50. The highest BCUT2D eigenvalue weighted by atomic mass is 32.2. The molecule has 0 fully saturated rings. The third kappa shape index (κ3) is 2.18. The Morgan fingerprint density at radius 1 is 1.62 bits per heavy atom. The Kier molecular flexibility index (Phi) is 2.87. The van der Waals surface area contributed by atoms with E-state index in [1.807, 2.05) is 6.07 Å². The molecule has 1 aromatic rings. The van der Waals surface area contributed by atoms with E-state index < -0.39 is 9.92 Å². The average molecular weight is 199 g/mol. The van der Waals surface area contributed by atoms with Gasteiger partial charge >= 0.3 is 0 Å². The molecule has 0 radical (unpaired) electrons. The summed E-state index contributed by atoms with van der Waals surface area (Å²) in [6.45, 7) is 1.73. The summed E-state index contributed by atoms with van der Waals surface area (Å²) in [6, 6.07) is 5.34. The summed E-state index contributed by atoms with van der Waals surface area (Å²) in [5.41, 5.74) is 0. The molecule has 1 aromatic heterocycles. The van der Waals surface area contributed by atoms with Gasteiger partial charge in [0.2, 0.25) is 0 Å². The SMILES string of the molecule is CCS(=N)(=O)N(C)c1ccccn1. The zero-order valence-corrected chi connectivity index (χ0v) is 8.54. The van der Waals surface area contributed by atoms with Crippen molar-refractivity contribution in [2.24, 2.45) is 0 Å². The number of rotatable bonds is 3. The minimum absolute atomic E-state index is 0.306. The monoisotopic (exact) mass is 199 g/mol. The molecule has 0 saturated carbocycles. The standard InChI is InChI=1S/C8H13N3OS/c1-3-13(9,12)11(2)8-6-4-5-7-10-8/h4-7,9H,3H2,1-2H3. The number of aromatic nitrogens is 1. The topological polar surface area (TPSA) is 57.1 Å². The highest BCUT2D eigenvalue weighted by Gasteiger charge is 2.11. The molecule has 13 heavy (non-hydrogen) atoms. The van der Waals surface area contributed by atoms with Gasteiger partial charge in [-0.1, -0.05) is 13.0 Å². The summed E-state index contributed by atoms with van der Waals surface area (Å²) in [6.07, 6.45) is 1.62. The second-order valence-corrected chi connectivity index (χ2v) is 5.02. The number of pyridine rings is 1. The van der Waals surface area contributed by atoms with Crippen LogP contribution in [-0.4, -0.2) is 22.0 Å². The summed E-state index contributed by atoms with van der Waals surface area (Å²) < 4.78 is 20.5. The van der Waals surface area contributed by atoms with E-state index in [1.165, 1.54) is 4.31 Å². The fraction of sp³-hybridized carbons (Fsp3) is 0.375. The molecule has 5 heteroatoms. The lowest BCUT2D eigenvalue weighted by Crippen LogP contribution is -2.27. The summed E-state index contributed by atoms with van der Waals surface area (Å²) in [5, 5.41) is 0. The van der Waals surface area contributed by atoms with Crippen molar-refractivity contribution in [3.8, 4) is 0 Å². The van der Waals surface area contributed by atoms with Crippen LogP contribution in [0.5, 0.6) is 0 Å². The van der Waals surface area contributed by atoms with E-state index in [-0.39, 0.29) is 0 Å². The molecule has 1 heterocycles. The maximum atomic E-state index is 11.6. The van der Waals surface area contributed by atoms with Gasteiger partial charge in [0, 0.05) is 19.0 Å². The Morgan fingerprint density at radius 2 is 2.31 bits per heavy atom. The molecule has 0 aliphatic heterocycles. The zero-order valence-electron chi connectivity index (χ0n) is 7.73. The molecule has 1 rings (SSSR count). The minimum Gasteiger partial charge on any atom is -0.273 e. The van der Waals surface area contributed by atoms with Gasteiger partial charge in [0.05, 0.1) is 0 Å². The Bertz CT molecular complexity index is 360. The van der Waals surface area contributed by atoms with Crippen LogP contribution in [0.25, 0.3) is 0 Å². The Hall–Kier alpha value is -1.10. The predicted molar refractivity (Wildman–Crippen MR) is 54.0 cm³/mol. The van der Waals surface area contributed by atoms with Gasteiger partial charge < -0.3 is 0 Å². The summed E-state index contributed by atoms with van der Waals surface area (Å²) >= 11 is 0. The summed E-state index contributed by atoms with van der Waals surface area (Å²) in [5.74, 6) is 0.879. The molecule has 0 saturated heterocycles. The van der Waals surface area contributed by atoms with E-state index in [0.717, 1.165) is 0 Å². The Morgan fingerprint density at radius 3 is 2.77 bits per heavy atom. The maximum Gasteiger partial charge on any atom is 0.140 e. The quantitative estimate of drug-likeness (QED) is 0.802. The lowest BCUT2D eigenvalue weighted by Gasteiger charge is -2.19. The summed E-state index contributed by atoms with van der Waals surface area (Å²) in [7, 11) is -1.05. The van der Waals surface area contributed by atoms with Gasteiger partial charge in [-0.3, -0.25) is 4.31 Å². The second kappa shape index (κ2) is 3.74. The van der Waals surface area contributed by atoms with Crippen molar-refractivity contribution < 1.29 is 4.21 Å². The third-order valence-corrected chi connectivity index (χ3v) is 3.66. The molecule has 4 nitrogen and oxygen atoms in total. The molecule has 1 atom stereocenters. The molecule has 0 bridgehead atoms. The van der Waals surface area contributed by atoms with Crippen molar-refractivity contribution in [1.82, 2.24) is 4.98 Å². The Balaban J connectivity index is 2.99. The highest BCUT2D eigenvalue weighted by Crippen LogP contribution is 2.11. The highest BCUT2D eigenvalue weighted by molar-refractivity contribution is 7.93. The van der Waals surface area contributed by atoms with Crippen LogP contribution in [0.1, 0.15) is 6.92 Å². The van der Waals surface area contributed by atoms with Gasteiger partial charge in [-0.25, -0.2) is 14.0 Å². The van der Waals surface area contributed by atoms with Gasteiger partial charge in [0.25, 0.3) is 0 Å². The molecule has 0 aromatic carbocycles. The van der Waals surface area contributed by atoms with E-state index in [0.29, 0.717) is 11.6 Å². The maximum absolute atomic E-state index is 11.6. The van der Waals surface area contributed by atoms with Gasteiger partial charge in [0.15, 0.2) is 0 Å². The van der Waals surface area contributed by atoms with Crippen LogP contribution in [0.3, 0.4) is 0 Å². The normalized spacial score (nSPS) is 14.9. The van der Waals surface area contributed by atoms with Crippen LogP contribution in [0.15, 0.2) is 24.4 Å². The molecular formula is C8H13N3OS. The molecule has 0 aliphatic rings. The fourth-order valence-corrected chi connectivity index (χ4v) is 1.68. The largest absolute Gasteiger partial charge is 0.273 e. The van der Waals surface area contributed by atoms with Gasteiger partial charge in [0.1, 0.15) is 15.7 Å². The van der Waals surface area contributed by atoms with E-state index >= 15 is 0 Å². The van der Waals surface area contributed by atoms with E-state index in [1.54, 1.807) is 32.3 Å². The molecule has 0 aliphatic carbocycles. The summed E-state index contributed by atoms with van der Waals surface area (Å²) in [4.78, 5) is 4.02. The molecule has 1 N–H and O–H groups in total. The first-order chi connectivity index (χ1) is 6.08. The lowest BCUT2D eigenvalue weighted by molar-refractivity contribution is 0.674. The number of nitrogens with one attached hydrogen (secondary N) is 1. The average Bonchev–Trinajstić information content (AvgIpc) is 2.18. The minimum atomic E-state index is -2.68. The lowest BCUT2D eigenvalue weighted by atomic mass is 10.5. The Labute approximate surface area is 78.7 Å². The van der Waals surface area contributed by atoms with Crippen LogP contribution in [0, 0.1) is 4.78 Å². The van der Waals surface area contributed by atoms with E-state index in [9.17, 15) is 4.21 Å². The molecule has 1 unspecified atom stereocenters. The van der Waals surface area contributed by atoms with Crippen molar-refractivity contribution in [1.29, 1.82) is 4.78 Å². The van der Waals surface area contributed by atoms with Gasteiger partial charge in [-0.2, -0.15) is 0 Å². The number of nitrogens with zero attached hydrogens (tertiary/aromatic N) is 2. The van der Waals surface area contributed by atoms with Crippen molar-refractivity contribution in [2.45, 2.75) is 6.92 Å². The number of hydrogen-bond donors (Lipinski definition) is 1. The zero-order chi connectivity index (χ0) is 9.90. The first-order valence-corrected chi connectivity index (χ1v) is 5.67. The van der Waals surface area contributed by atoms with Crippen LogP contribution in [0.4, 0.5) is 5.82 Å². The first kappa shape index (κ1) is 9.98. The van der Waals surface area contributed by atoms with Gasteiger partial charge in [-0.05, 0) is 12.1 Å². The van der Waals surface area contributed by atoms with Crippen LogP contribution < -0.4 is 4.31 Å². The van der Waals surface area contributed by atoms with Crippen molar-refractivity contribution in [3.63, 3.8) is 0 Å². The van der Waals surface area contributed by atoms with Crippen molar-refractivity contribution in [3.05, 3.63) is 24.4 Å². The smallest absolute Gasteiger partial charge is 0.140 e. The molecule has 72 valence electrons. The number of anilines is 1. The van der Waals surface area contributed by atoms with Crippen molar-refractivity contribution >= 4 is 15.7 Å². The van der Waals surface area contributed by atoms with Gasteiger partial charge in [-0.15, -0.1) is 0 Å². The van der Waals surface area contributed by atoms with Crippen LogP contribution in [0.2, 0.25) is 0 Å². The second-order valence-electron chi connectivity index (χ2n) is 2.61. The van der Waals surface area contributed by atoms with Crippen molar-refractivity contribution in [2.75, 3.05) is 17.1 Å². The van der Waals surface area contributed by atoms with Crippen LogP contribution in [-0.2, 0) is 9.92 Å². The fourth-order valence-electron chi connectivity index (χ4n) is 0.885. The number of hydrogen-bond acceptors (Lipinski definition) is 3. The van der Waals surface area contributed by atoms with Crippen LogP contribution >= 0.6 is 0 Å². The third-order valence-electron chi connectivity index (χ3n) is 1.81.